The lowest BCUT2D eigenvalue weighted by atomic mass is 9.94. The fourth-order valence-corrected chi connectivity index (χ4v) is 2.97. The van der Waals surface area contributed by atoms with Crippen molar-refractivity contribution >= 4 is 0 Å². The largest absolute Gasteiger partial charge is 0.361 e. The van der Waals surface area contributed by atoms with Crippen molar-refractivity contribution in [1.29, 1.82) is 0 Å². The average molecular weight is 284 g/mol. The Morgan fingerprint density at radius 2 is 1.45 bits per heavy atom. The fraction of sp³-hybridized carbons (Fsp3) is 1.00. The Hall–Kier alpha value is -0.120. The summed E-state index contributed by atoms with van der Waals surface area (Å²) in [6, 6.07) is 0.217. The second-order valence-corrected chi connectivity index (χ2v) is 6.60. The van der Waals surface area contributed by atoms with Crippen LogP contribution in [-0.4, -0.2) is 18.4 Å². The fourth-order valence-electron chi connectivity index (χ4n) is 2.97. The van der Waals surface area contributed by atoms with E-state index in [1.165, 1.54) is 64.2 Å². The maximum Gasteiger partial charge on any atom is 0.120 e. The summed E-state index contributed by atoms with van der Waals surface area (Å²) in [5.41, 5.74) is 11.7. The molecule has 120 valence electrons. The highest BCUT2D eigenvalue weighted by atomic mass is 16.5. The van der Waals surface area contributed by atoms with Crippen molar-refractivity contribution in [2.45, 2.75) is 102 Å². The molecule has 1 aliphatic rings. The molecule has 1 heterocycles. The first-order valence-electron chi connectivity index (χ1n) is 8.85. The molecular weight excluding hydrogens is 248 g/mol. The van der Waals surface area contributed by atoms with Gasteiger partial charge in [0.05, 0.1) is 6.61 Å². The first-order chi connectivity index (χ1) is 9.66. The topological polar surface area (TPSA) is 61.3 Å². The van der Waals surface area contributed by atoms with E-state index in [-0.39, 0.29) is 6.04 Å². The monoisotopic (exact) mass is 284 g/mol. The molecule has 1 saturated heterocycles. The molecule has 0 aromatic rings. The number of ether oxygens (including phenoxy) is 1. The van der Waals surface area contributed by atoms with E-state index < -0.39 is 5.72 Å². The summed E-state index contributed by atoms with van der Waals surface area (Å²) in [6.45, 7) is 3.08. The van der Waals surface area contributed by atoms with Crippen molar-refractivity contribution in [2.24, 2.45) is 11.5 Å². The summed E-state index contributed by atoms with van der Waals surface area (Å²) in [5, 5.41) is 0. The molecular formula is C17H36N2O. The second-order valence-electron chi connectivity index (χ2n) is 6.60. The molecule has 0 aliphatic carbocycles. The second kappa shape index (κ2) is 10.6. The van der Waals surface area contributed by atoms with Crippen molar-refractivity contribution in [3.05, 3.63) is 0 Å². The highest BCUT2D eigenvalue weighted by molar-refractivity contribution is 4.85. The Kier molecular flexibility index (Phi) is 9.49. The summed E-state index contributed by atoms with van der Waals surface area (Å²) in [4.78, 5) is 0. The number of hydrogen-bond donors (Lipinski definition) is 2. The van der Waals surface area contributed by atoms with Crippen molar-refractivity contribution < 1.29 is 4.74 Å². The lowest BCUT2D eigenvalue weighted by Crippen LogP contribution is -2.55. The van der Waals surface area contributed by atoms with Gasteiger partial charge >= 0.3 is 0 Å². The molecule has 1 aliphatic heterocycles. The predicted molar refractivity (Wildman–Crippen MR) is 86.5 cm³/mol. The van der Waals surface area contributed by atoms with Crippen LogP contribution in [-0.2, 0) is 4.74 Å². The van der Waals surface area contributed by atoms with Crippen molar-refractivity contribution in [3.63, 3.8) is 0 Å². The molecule has 3 nitrogen and oxygen atoms in total. The zero-order valence-corrected chi connectivity index (χ0v) is 13.5. The summed E-state index contributed by atoms with van der Waals surface area (Å²) in [7, 11) is 0. The van der Waals surface area contributed by atoms with Crippen molar-refractivity contribution in [2.75, 3.05) is 6.61 Å². The first kappa shape index (κ1) is 17.9. The minimum atomic E-state index is -0.391. The van der Waals surface area contributed by atoms with Crippen LogP contribution in [0.1, 0.15) is 90.4 Å². The number of hydrogen-bond acceptors (Lipinski definition) is 3. The molecule has 1 rings (SSSR count). The third-order valence-electron chi connectivity index (χ3n) is 4.45. The van der Waals surface area contributed by atoms with Crippen LogP contribution in [0.5, 0.6) is 0 Å². The lowest BCUT2D eigenvalue weighted by molar-refractivity contribution is -0.150. The quantitative estimate of drug-likeness (QED) is 0.501. The van der Waals surface area contributed by atoms with Crippen molar-refractivity contribution in [3.8, 4) is 0 Å². The van der Waals surface area contributed by atoms with Crippen LogP contribution >= 0.6 is 0 Å². The summed E-state index contributed by atoms with van der Waals surface area (Å²) < 4.78 is 5.39. The maximum absolute atomic E-state index is 6.12. The maximum atomic E-state index is 6.12. The van der Waals surface area contributed by atoms with Gasteiger partial charge in [-0.25, -0.2) is 0 Å². The van der Waals surface area contributed by atoms with E-state index in [0.29, 0.717) is 0 Å². The Balaban J connectivity index is 1.80. The Bertz CT molecular complexity index is 229. The van der Waals surface area contributed by atoms with Crippen LogP contribution in [0.4, 0.5) is 0 Å². The number of unbranched alkanes of at least 4 members (excludes halogenated alkanes) is 9. The molecule has 3 heteroatoms. The van der Waals surface area contributed by atoms with Crippen LogP contribution in [0.25, 0.3) is 0 Å². The molecule has 0 aromatic heterocycles. The van der Waals surface area contributed by atoms with Gasteiger partial charge in [-0.3, -0.25) is 0 Å². The Labute approximate surface area is 125 Å². The van der Waals surface area contributed by atoms with Gasteiger partial charge in [0.2, 0.25) is 0 Å². The normalized spacial score (nSPS) is 23.6. The summed E-state index contributed by atoms with van der Waals surface area (Å²) in [6.07, 6.45) is 16.7. The van der Waals surface area contributed by atoms with Crippen LogP contribution in [0.15, 0.2) is 0 Å². The van der Waals surface area contributed by atoms with Gasteiger partial charge in [-0.1, -0.05) is 71.1 Å². The zero-order chi connectivity index (χ0) is 14.7. The molecule has 0 amide bonds. The Morgan fingerprint density at radius 1 is 0.950 bits per heavy atom. The van der Waals surface area contributed by atoms with Gasteiger partial charge in [0, 0.05) is 18.9 Å². The minimum absolute atomic E-state index is 0.217. The SMILES string of the molecule is CCCCCCCCCCCCC(N)CC1(N)CCO1. The highest BCUT2D eigenvalue weighted by Crippen LogP contribution is 2.26. The molecule has 0 bridgehead atoms. The molecule has 0 radical (unpaired) electrons. The van der Waals surface area contributed by atoms with Crippen LogP contribution < -0.4 is 11.5 Å². The smallest absolute Gasteiger partial charge is 0.120 e. The number of rotatable bonds is 13. The van der Waals surface area contributed by atoms with Gasteiger partial charge in [-0.2, -0.15) is 0 Å². The summed E-state index contributed by atoms with van der Waals surface area (Å²) >= 11 is 0. The standard InChI is InChI=1S/C17H36N2O/c1-2-3-4-5-6-7-8-9-10-11-12-16(18)15-17(19)13-14-20-17/h16H,2-15,18-19H2,1H3. The predicted octanol–water partition coefficient (Wildman–Crippen LogP) is 4.09. The van der Waals surface area contributed by atoms with Gasteiger partial charge in [-0.05, 0) is 6.42 Å². The van der Waals surface area contributed by atoms with Crippen LogP contribution in [0, 0.1) is 0 Å². The molecule has 2 atom stereocenters. The van der Waals surface area contributed by atoms with E-state index in [2.05, 4.69) is 6.92 Å². The van der Waals surface area contributed by atoms with Gasteiger partial charge in [0.15, 0.2) is 0 Å². The van der Waals surface area contributed by atoms with E-state index in [0.717, 1.165) is 25.9 Å². The van der Waals surface area contributed by atoms with E-state index >= 15 is 0 Å². The molecule has 4 N–H and O–H groups in total. The number of nitrogens with two attached hydrogens (primary N) is 2. The van der Waals surface area contributed by atoms with E-state index in [4.69, 9.17) is 16.2 Å². The average Bonchev–Trinajstić information content (AvgIpc) is 2.39. The zero-order valence-electron chi connectivity index (χ0n) is 13.5. The third-order valence-corrected chi connectivity index (χ3v) is 4.45. The van der Waals surface area contributed by atoms with E-state index in [1.807, 2.05) is 0 Å². The highest BCUT2D eigenvalue weighted by Gasteiger charge is 2.35. The van der Waals surface area contributed by atoms with Crippen LogP contribution in [0.2, 0.25) is 0 Å². The van der Waals surface area contributed by atoms with Gasteiger partial charge in [0.25, 0.3) is 0 Å². The van der Waals surface area contributed by atoms with Gasteiger partial charge in [0.1, 0.15) is 5.72 Å². The molecule has 20 heavy (non-hydrogen) atoms. The Morgan fingerprint density at radius 3 is 1.90 bits per heavy atom. The van der Waals surface area contributed by atoms with Gasteiger partial charge in [-0.15, -0.1) is 0 Å². The molecule has 0 aromatic carbocycles. The third kappa shape index (κ3) is 8.23. The summed E-state index contributed by atoms with van der Waals surface area (Å²) in [5.74, 6) is 0. The molecule has 1 fully saturated rings. The van der Waals surface area contributed by atoms with E-state index in [9.17, 15) is 0 Å². The molecule has 0 saturated carbocycles. The van der Waals surface area contributed by atoms with Crippen LogP contribution in [0.3, 0.4) is 0 Å². The van der Waals surface area contributed by atoms with Gasteiger partial charge < -0.3 is 16.2 Å². The van der Waals surface area contributed by atoms with E-state index in [1.54, 1.807) is 0 Å². The minimum Gasteiger partial charge on any atom is -0.361 e. The lowest BCUT2D eigenvalue weighted by Gasteiger charge is -2.39. The molecule has 0 spiro atoms. The van der Waals surface area contributed by atoms with Crippen molar-refractivity contribution in [1.82, 2.24) is 0 Å². The molecule has 2 unspecified atom stereocenters. The first-order valence-corrected chi connectivity index (χ1v) is 8.85.